The van der Waals surface area contributed by atoms with Gasteiger partial charge in [0.15, 0.2) is 0 Å². The minimum atomic E-state index is 0.446. The van der Waals surface area contributed by atoms with Crippen LogP contribution in [0.2, 0.25) is 0 Å². The molecule has 0 aromatic carbocycles. The molecule has 2 nitrogen and oxygen atoms in total. The summed E-state index contributed by atoms with van der Waals surface area (Å²) in [5, 5.41) is 3.38. The van der Waals surface area contributed by atoms with Gasteiger partial charge in [-0.25, -0.2) is 0 Å². The number of hydrogen-bond acceptors (Lipinski definition) is 3. The van der Waals surface area contributed by atoms with Gasteiger partial charge in [-0.1, -0.05) is 0 Å². The molecule has 0 saturated heterocycles. The molecule has 0 fully saturated rings. The Bertz CT molecular complexity index is 78.0. The van der Waals surface area contributed by atoms with Gasteiger partial charge in [0.2, 0.25) is 0 Å². The van der Waals surface area contributed by atoms with Crippen molar-refractivity contribution >= 4 is 11.8 Å². The van der Waals surface area contributed by atoms with Gasteiger partial charge in [0.05, 0.1) is 0 Å². The van der Waals surface area contributed by atoms with Crippen LogP contribution in [0.4, 0.5) is 0 Å². The van der Waals surface area contributed by atoms with Crippen LogP contribution >= 0.6 is 11.8 Å². The van der Waals surface area contributed by atoms with Crippen LogP contribution in [0.15, 0.2) is 0 Å². The van der Waals surface area contributed by atoms with Crippen LogP contribution in [0.3, 0.4) is 0 Å². The topological polar surface area (TPSA) is 38.0 Å². The Morgan fingerprint density at radius 3 is 2.40 bits per heavy atom. The number of nitrogens with two attached hydrogens (primary N) is 1. The van der Waals surface area contributed by atoms with E-state index in [0.717, 1.165) is 12.3 Å². The van der Waals surface area contributed by atoms with E-state index >= 15 is 0 Å². The van der Waals surface area contributed by atoms with Crippen LogP contribution in [0.25, 0.3) is 0 Å². The maximum atomic E-state index is 5.45. The lowest BCUT2D eigenvalue weighted by Gasteiger charge is -2.17. The van der Waals surface area contributed by atoms with Crippen LogP contribution in [-0.2, 0) is 0 Å². The van der Waals surface area contributed by atoms with Gasteiger partial charge in [-0.2, -0.15) is 11.8 Å². The summed E-state index contributed by atoms with van der Waals surface area (Å²) in [5.74, 6) is 1.16. The van der Waals surface area contributed by atoms with E-state index in [0.29, 0.717) is 12.1 Å². The Labute approximate surface area is 67.9 Å². The quantitative estimate of drug-likeness (QED) is 0.624. The fraction of sp³-hybridized carbons (Fsp3) is 1.00. The molecule has 10 heavy (non-hydrogen) atoms. The first kappa shape index (κ1) is 10.3. The Balaban J connectivity index is 3.27. The first-order chi connectivity index (χ1) is 4.70. The molecule has 0 aromatic heterocycles. The Kier molecular flexibility index (Phi) is 6.17. The summed E-state index contributed by atoms with van der Waals surface area (Å²) >= 11 is 1.86. The van der Waals surface area contributed by atoms with Crippen molar-refractivity contribution in [3.8, 4) is 0 Å². The zero-order valence-corrected chi connectivity index (χ0v) is 7.87. The van der Waals surface area contributed by atoms with Crippen LogP contribution in [-0.4, -0.2) is 30.6 Å². The van der Waals surface area contributed by atoms with Crippen molar-refractivity contribution in [2.75, 3.05) is 18.6 Å². The van der Waals surface area contributed by atoms with E-state index < -0.39 is 0 Å². The molecule has 2 unspecified atom stereocenters. The standard InChI is InChI=1S/C7H18N2S/c1-6(4-8)9-7(2)5-10-3/h6-7,9H,4-5,8H2,1-3H3. The summed E-state index contributed by atoms with van der Waals surface area (Å²) in [6, 6.07) is 1.02. The van der Waals surface area contributed by atoms with Crippen molar-refractivity contribution in [3.05, 3.63) is 0 Å². The molecule has 0 amide bonds. The average Bonchev–Trinajstić information content (AvgIpc) is 1.88. The molecule has 0 aliphatic rings. The largest absolute Gasteiger partial charge is 0.329 e. The van der Waals surface area contributed by atoms with E-state index in [1.807, 2.05) is 11.8 Å². The number of nitrogens with one attached hydrogen (secondary N) is 1. The monoisotopic (exact) mass is 162 g/mol. The van der Waals surface area contributed by atoms with E-state index in [1.54, 1.807) is 0 Å². The van der Waals surface area contributed by atoms with E-state index in [4.69, 9.17) is 5.73 Å². The summed E-state index contributed by atoms with van der Waals surface area (Å²) in [6.45, 7) is 5.01. The molecule has 62 valence electrons. The molecule has 0 aliphatic heterocycles. The molecular formula is C7H18N2S. The highest BCUT2D eigenvalue weighted by Crippen LogP contribution is 1.96. The minimum absolute atomic E-state index is 0.446. The third-order valence-corrected chi connectivity index (χ3v) is 2.17. The van der Waals surface area contributed by atoms with Gasteiger partial charge in [-0.05, 0) is 20.1 Å². The average molecular weight is 162 g/mol. The highest BCUT2D eigenvalue weighted by Gasteiger charge is 2.03. The van der Waals surface area contributed by atoms with Crippen LogP contribution in [0.5, 0.6) is 0 Å². The smallest absolute Gasteiger partial charge is 0.0164 e. The third-order valence-electron chi connectivity index (χ3n) is 1.34. The van der Waals surface area contributed by atoms with Crippen molar-refractivity contribution in [3.63, 3.8) is 0 Å². The van der Waals surface area contributed by atoms with Crippen molar-refractivity contribution in [1.82, 2.24) is 5.32 Å². The molecule has 3 heteroatoms. The lowest BCUT2D eigenvalue weighted by Crippen LogP contribution is -2.40. The summed E-state index contributed by atoms with van der Waals surface area (Å²) in [6.07, 6.45) is 2.12. The maximum Gasteiger partial charge on any atom is 0.0164 e. The van der Waals surface area contributed by atoms with E-state index in [1.165, 1.54) is 0 Å². The van der Waals surface area contributed by atoms with Gasteiger partial charge < -0.3 is 11.1 Å². The second kappa shape index (κ2) is 6.01. The molecule has 0 aromatic rings. The van der Waals surface area contributed by atoms with E-state index in [2.05, 4.69) is 25.4 Å². The third kappa shape index (κ3) is 5.09. The number of hydrogen-bond donors (Lipinski definition) is 2. The highest BCUT2D eigenvalue weighted by molar-refractivity contribution is 7.98. The number of rotatable bonds is 5. The molecule has 0 aliphatic carbocycles. The minimum Gasteiger partial charge on any atom is -0.329 e. The lowest BCUT2D eigenvalue weighted by atomic mass is 10.3. The molecule has 0 radical (unpaired) electrons. The fourth-order valence-corrected chi connectivity index (χ4v) is 1.45. The van der Waals surface area contributed by atoms with Gasteiger partial charge in [-0.3, -0.25) is 0 Å². The fourth-order valence-electron chi connectivity index (χ4n) is 0.852. The van der Waals surface area contributed by atoms with Gasteiger partial charge in [0.1, 0.15) is 0 Å². The maximum absolute atomic E-state index is 5.45. The second-order valence-corrected chi connectivity index (χ2v) is 3.57. The summed E-state index contributed by atoms with van der Waals surface area (Å²) in [5.41, 5.74) is 5.45. The van der Waals surface area contributed by atoms with E-state index in [9.17, 15) is 0 Å². The second-order valence-electron chi connectivity index (χ2n) is 2.66. The van der Waals surface area contributed by atoms with Crippen molar-refractivity contribution in [2.24, 2.45) is 5.73 Å². The molecule has 0 rings (SSSR count). The van der Waals surface area contributed by atoms with Crippen molar-refractivity contribution < 1.29 is 0 Å². The molecule has 3 N–H and O–H groups in total. The summed E-state index contributed by atoms with van der Waals surface area (Å²) < 4.78 is 0. The first-order valence-electron chi connectivity index (χ1n) is 3.65. The molecule has 2 atom stereocenters. The summed E-state index contributed by atoms with van der Waals surface area (Å²) in [4.78, 5) is 0. The predicted octanol–water partition coefficient (Wildman–Crippen LogP) is 0.675. The van der Waals surface area contributed by atoms with Crippen LogP contribution in [0, 0.1) is 0 Å². The molecule has 0 bridgehead atoms. The Hall–Kier alpha value is 0.270. The lowest BCUT2D eigenvalue weighted by molar-refractivity contribution is 0.501. The zero-order chi connectivity index (χ0) is 7.98. The molecular weight excluding hydrogens is 144 g/mol. The van der Waals surface area contributed by atoms with Gasteiger partial charge in [-0.15, -0.1) is 0 Å². The predicted molar refractivity (Wildman–Crippen MR) is 49.5 cm³/mol. The van der Waals surface area contributed by atoms with Gasteiger partial charge in [0, 0.05) is 24.4 Å². The Morgan fingerprint density at radius 2 is 2.00 bits per heavy atom. The molecule has 0 spiro atoms. The van der Waals surface area contributed by atoms with Crippen LogP contribution in [0.1, 0.15) is 13.8 Å². The normalized spacial score (nSPS) is 16.8. The molecule has 0 heterocycles. The van der Waals surface area contributed by atoms with Crippen molar-refractivity contribution in [1.29, 1.82) is 0 Å². The summed E-state index contributed by atoms with van der Waals surface area (Å²) in [7, 11) is 0. The first-order valence-corrected chi connectivity index (χ1v) is 5.05. The van der Waals surface area contributed by atoms with E-state index in [-0.39, 0.29) is 0 Å². The zero-order valence-electron chi connectivity index (χ0n) is 7.05. The van der Waals surface area contributed by atoms with Gasteiger partial charge >= 0.3 is 0 Å². The van der Waals surface area contributed by atoms with Crippen LogP contribution < -0.4 is 11.1 Å². The SMILES string of the molecule is CSCC(C)NC(C)CN. The Morgan fingerprint density at radius 1 is 1.40 bits per heavy atom. The number of thioether (sulfide) groups is 1. The van der Waals surface area contributed by atoms with Crippen molar-refractivity contribution in [2.45, 2.75) is 25.9 Å². The highest BCUT2D eigenvalue weighted by atomic mass is 32.2. The molecule has 0 saturated carbocycles. The van der Waals surface area contributed by atoms with Gasteiger partial charge in [0.25, 0.3) is 0 Å².